The molecule has 6 nitrogen and oxygen atoms in total. The summed E-state index contributed by atoms with van der Waals surface area (Å²) in [7, 11) is 0. The number of hydrogen-bond acceptors (Lipinski definition) is 5. The van der Waals surface area contributed by atoms with E-state index in [1.807, 2.05) is 54.6 Å². The van der Waals surface area contributed by atoms with Gasteiger partial charge in [0.05, 0.1) is 17.6 Å². The molecule has 1 fully saturated rings. The number of aromatic nitrogens is 2. The predicted molar refractivity (Wildman–Crippen MR) is 121 cm³/mol. The topological polar surface area (TPSA) is 76.1 Å². The molecule has 2 heterocycles. The largest absolute Gasteiger partial charge is 0.471 e. The number of pyridine rings is 2. The van der Waals surface area contributed by atoms with Crippen LogP contribution in [0.5, 0.6) is 5.88 Å². The van der Waals surface area contributed by atoms with E-state index >= 15 is 0 Å². The lowest BCUT2D eigenvalue weighted by Crippen LogP contribution is -2.25. The van der Waals surface area contributed by atoms with Crippen molar-refractivity contribution in [3.05, 3.63) is 78.2 Å². The minimum absolute atomic E-state index is 0.0296. The quantitative estimate of drug-likeness (QED) is 0.507. The van der Waals surface area contributed by atoms with Crippen LogP contribution in [-0.4, -0.2) is 22.4 Å². The van der Waals surface area contributed by atoms with Crippen LogP contribution in [0.3, 0.4) is 0 Å². The van der Waals surface area contributed by atoms with Gasteiger partial charge in [-0.1, -0.05) is 37.8 Å². The van der Waals surface area contributed by atoms with Crippen molar-refractivity contribution < 1.29 is 9.53 Å². The van der Waals surface area contributed by atoms with E-state index in [-0.39, 0.29) is 5.91 Å². The van der Waals surface area contributed by atoms with Gasteiger partial charge in [0.1, 0.15) is 6.61 Å². The van der Waals surface area contributed by atoms with Gasteiger partial charge in [-0.2, -0.15) is 0 Å². The molecule has 6 heteroatoms. The monoisotopic (exact) mass is 416 g/mol. The molecule has 0 bridgehead atoms. The van der Waals surface area contributed by atoms with Crippen molar-refractivity contribution in [1.82, 2.24) is 15.3 Å². The predicted octanol–water partition coefficient (Wildman–Crippen LogP) is 5.11. The molecular formula is C25H28N4O2. The summed E-state index contributed by atoms with van der Waals surface area (Å²) in [5.74, 6) is 1.28. The SMILES string of the molecule is O=C(NCCC1CCCC1)c1cccc(Nc2ccc(OCc3ccccn3)nc2)c1. The zero-order valence-corrected chi connectivity index (χ0v) is 17.6. The Morgan fingerprint density at radius 2 is 1.90 bits per heavy atom. The van der Waals surface area contributed by atoms with Gasteiger partial charge in [-0.15, -0.1) is 0 Å². The van der Waals surface area contributed by atoms with Crippen molar-refractivity contribution in [2.24, 2.45) is 5.92 Å². The molecule has 1 aromatic carbocycles. The third kappa shape index (κ3) is 6.28. The normalized spacial score (nSPS) is 13.7. The first-order chi connectivity index (χ1) is 15.3. The third-order valence-corrected chi connectivity index (χ3v) is 5.56. The molecule has 1 amide bonds. The van der Waals surface area contributed by atoms with Crippen molar-refractivity contribution in [3.8, 4) is 5.88 Å². The molecule has 160 valence electrons. The zero-order valence-electron chi connectivity index (χ0n) is 17.6. The van der Waals surface area contributed by atoms with Gasteiger partial charge in [-0.3, -0.25) is 9.78 Å². The van der Waals surface area contributed by atoms with Gasteiger partial charge in [0.25, 0.3) is 5.91 Å². The Bertz CT molecular complexity index is 970. The number of hydrogen-bond donors (Lipinski definition) is 2. The van der Waals surface area contributed by atoms with Crippen LogP contribution >= 0.6 is 0 Å². The third-order valence-electron chi connectivity index (χ3n) is 5.56. The van der Waals surface area contributed by atoms with E-state index in [4.69, 9.17) is 4.74 Å². The maximum absolute atomic E-state index is 12.5. The first kappa shape index (κ1) is 20.8. The molecule has 2 N–H and O–H groups in total. The molecular weight excluding hydrogens is 388 g/mol. The highest BCUT2D eigenvalue weighted by molar-refractivity contribution is 5.95. The van der Waals surface area contributed by atoms with Gasteiger partial charge in [0, 0.05) is 30.1 Å². The number of nitrogens with one attached hydrogen (secondary N) is 2. The summed E-state index contributed by atoms with van der Waals surface area (Å²) < 4.78 is 5.67. The molecule has 0 aliphatic heterocycles. The minimum Gasteiger partial charge on any atom is -0.471 e. The number of nitrogens with zero attached hydrogens (tertiary/aromatic N) is 2. The van der Waals surface area contributed by atoms with Gasteiger partial charge in [-0.25, -0.2) is 4.98 Å². The van der Waals surface area contributed by atoms with E-state index in [0.29, 0.717) is 18.1 Å². The lowest BCUT2D eigenvalue weighted by Gasteiger charge is -2.11. The molecule has 31 heavy (non-hydrogen) atoms. The number of carbonyl (C=O) groups excluding carboxylic acids is 1. The second-order valence-corrected chi connectivity index (χ2v) is 7.90. The van der Waals surface area contributed by atoms with E-state index in [9.17, 15) is 4.79 Å². The fourth-order valence-corrected chi connectivity index (χ4v) is 3.87. The second kappa shape index (κ2) is 10.6. The van der Waals surface area contributed by atoms with Crippen LogP contribution < -0.4 is 15.4 Å². The summed E-state index contributed by atoms with van der Waals surface area (Å²) in [6.45, 7) is 1.11. The van der Waals surface area contributed by atoms with Gasteiger partial charge in [0.15, 0.2) is 0 Å². The highest BCUT2D eigenvalue weighted by atomic mass is 16.5. The average Bonchev–Trinajstić information content (AvgIpc) is 3.33. The van der Waals surface area contributed by atoms with Crippen LogP contribution in [-0.2, 0) is 6.61 Å². The number of benzene rings is 1. The van der Waals surface area contributed by atoms with Crippen molar-refractivity contribution in [2.75, 3.05) is 11.9 Å². The number of anilines is 2. The van der Waals surface area contributed by atoms with Gasteiger partial charge in [0.2, 0.25) is 5.88 Å². The molecule has 0 spiro atoms. The van der Waals surface area contributed by atoms with E-state index in [1.165, 1.54) is 25.7 Å². The highest BCUT2D eigenvalue weighted by Crippen LogP contribution is 2.27. The molecule has 1 aliphatic carbocycles. The lowest BCUT2D eigenvalue weighted by atomic mass is 10.0. The van der Waals surface area contributed by atoms with Crippen LogP contribution in [0.15, 0.2) is 67.0 Å². The van der Waals surface area contributed by atoms with Gasteiger partial charge >= 0.3 is 0 Å². The standard InChI is InChI=1S/C25H28N4O2/c30-25(27-15-13-19-6-1-2-7-19)20-8-5-10-21(16-20)29-22-11-12-24(28-17-22)31-18-23-9-3-4-14-26-23/h3-5,8-12,14,16-17,19,29H,1-2,6-7,13,15,18H2,(H,27,30). The molecule has 0 atom stereocenters. The van der Waals surface area contributed by atoms with Crippen molar-refractivity contribution in [2.45, 2.75) is 38.7 Å². The molecule has 3 aromatic rings. The maximum atomic E-state index is 12.5. The van der Waals surface area contributed by atoms with Crippen LogP contribution in [0.4, 0.5) is 11.4 Å². The Balaban J connectivity index is 1.28. The summed E-state index contributed by atoms with van der Waals surface area (Å²) in [5.41, 5.74) is 3.17. The first-order valence-electron chi connectivity index (χ1n) is 10.9. The highest BCUT2D eigenvalue weighted by Gasteiger charge is 2.15. The Morgan fingerprint density at radius 3 is 2.68 bits per heavy atom. The minimum atomic E-state index is -0.0296. The van der Waals surface area contributed by atoms with E-state index < -0.39 is 0 Å². The van der Waals surface area contributed by atoms with Crippen LogP contribution in [0, 0.1) is 5.92 Å². The fourth-order valence-electron chi connectivity index (χ4n) is 3.87. The van der Waals surface area contributed by atoms with Crippen LogP contribution in [0.2, 0.25) is 0 Å². The molecule has 0 saturated heterocycles. The van der Waals surface area contributed by atoms with Crippen molar-refractivity contribution in [3.63, 3.8) is 0 Å². The van der Waals surface area contributed by atoms with Crippen LogP contribution in [0.1, 0.15) is 48.2 Å². The van der Waals surface area contributed by atoms with Crippen LogP contribution in [0.25, 0.3) is 0 Å². The first-order valence-corrected chi connectivity index (χ1v) is 10.9. The summed E-state index contributed by atoms with van der Waals surface area (Å²) in [6, 6.07) is 16.9. The molecule has 0 unspecified atom stereocenters. The second-order valence-electron chi connectivity index (χ2n) is 7.90. The van der Waals surface area contributed by atoms with E-state index in [0.717, 1.165) is 36.0 Å². The fraction of sp³-hybridized carbons (Fsp3) is 0.320. The van der Waals surface area contributed by atoms with E-state index in [1.54, 1.807) is 12.4 Å². The van der Waals surface area contributed by atoms with E-state index in [2.05, 4.69) is 20.6 Å². The number of rotatable bonds is 9. The summed E-state index contributed by atoms with van der Waals surface area (Å²) >= 11 is 0. The average molecular weight is 417 g/mol. The summed E-state index contributed by atoms with van der Waals surface area (Å²) in [4.78, 5) is 21.0. The molecule has 4 rings (SSSR count). The number of amides is 1. The summed E-state index contributed by atoms with van der Waals surface area (Å²) in [5, 5.41) is 6.34. The van der Waals surface area contributed by atoms with Crippen molar-refractivity contribution in [1.29, 1.82) is 0 Å². The van der Waals surface area contributed by atoms with Gasteiger partial charge in [-0.05, 0) is 48.7 Å². The number of ether oxygens (including phenoxy) is 1. The lowest BCUT2D eigenvalue weighted by molar-refractivity contribution is 0.0951. The Hall–Kier alpha value is -3.41. The smallest absolute Gasteiger partial charge is 0.251 e. The Labute approximate surface area is 183 Å². The Kier molecular flexibility index (Phi) is 7.11. The zero-order chi connectivity index (χ0) is 21.3. The number of carbonyl (C=O) groups is 1. The molecule has 2 aromatic heterocycles. The molecule has 1 aliphatic rings. The van der Waals surface area contributed by atoms with Gasteiger partial charge < -0.3 is 15.4 Å². The molecule has 0 radical (unpaired) electrons. The maximum Gasteiger partial charge on any atom is 0.251 e. The van der Waals surface area contributed by atoms with Crippen molar-refractivity contribution >= 4 is 17.3 Å². The summed E-state index contributed by atoms with van der Waals surface area (Å²) in [6.07, 6.45) is 9.79. The molecule has 1 saturated carbocycles. The Morgan fingerprint density at radius 1 is 1.00 bits per heavy atom.